The quantitative estimate of drug-likeness (QED) is 0.428. The lowest BCUT2D eigenvalue weighted by Gasteiger charge is -2.21. The molecule has 0 unspecified atom stereocenters. The van der Waals surface area contributed by atoms with Gasteiger partial charge in [0.1, 0.15) is 5.69 Å². The molecule has 0 saturated carbocycles. The van der Waals surface area contributed by atoms with Crippen molar-refractivity contribution >= 4 is 22.6 Å². The summed E-state index contributed by atoms with van der Waals surface area (Å²) in [5, 5.41) is 6.74. The van der Waals surface area contributed by atoms with Crippen LogP contribution in [0, 0.1) is 18.8 Å². The zero-order valence-electron chi connectivity index (χ0n) is 20.2. The van der Waals surface area contributed by atoms with Gasteiger partial charge >= 0.3 is 0 Å². The van der Waals surface area contributed by atoms with Crippen LogP contribution in [0.15, 0.2) is 71.8 Å². The minimum absolute atomic E-state index is 0.175. The molecule has 1 atom stereocenters. The highest BCUT2D eigenvalue weighted by Crippen LogP contribution is 2.23. The van der Waals surface area contributed by atoms with E-state index in [9.17, 15) is 14.4 Å². The summed E-state index contributed by atoms with van der Waals surface area (Å²) in [5.74, 6) is 5.35. The van der Waals surface area contributed by atoms with Gasteiger partial charge < -0.3 is 10.6 Å². The minimum Gasteiger partial charge on any atom is -0.345 e. The number of carbonyl (C=O) groups is 2. The van der Waals surface area contributed by atoms with Crippen LogP contribution in [0.3, 0.4) is 0 Å². The Morgan fingerprint density at radius 1 is 1.06 bits per heavy atom. The number of aromatic nitrogens is 3. The van der Waals surface area contributed by atoms with Crippen LogP contribution in [0.5, 0.6) is 0 Å². The van der Waals surface area contributed by atoms with Gasteiger partial charge in [-0.25, -0.2) is 4.98 Å². The van der Waals surface area contributed by atoms with Gasteiger partial charge in [0.25, 0.3) is 11.5 Å². The lowest BCUT2D eigenvalue weighted by molar-refractivity contribution is -0.118. The summed E-state index contributed by atoms with van der Waals surface area (Å²) in [6.45, 7) is 5.14. The molecule has 4 aromatic rings. The third-order valence-corrected chi connectivity index (χ3v) is 5.63. The number of nitrogens with one attached hydrogen (secondary N) is 2. The van der Waals surface area contributed by atoms with Crippen molar-refractivity contribution < 1.29 is 9.59 Å². The third-order valence-electron chi connectivity index (χ3n) is 5.63. The molecule has 0 spiro atoms. The van der Waals surface area contributed by atoms with Gasteiger partial charge in [-0.15, -0.1) is 0 Å². The molecule has 8 heteroatoms. The van der Waals surface area contributed by atoms with E-state index in [1.807, 2.05) is 55.5 Å². The largest absolute Gasteiger partial charge is 0.345 e. The molecule has 180 valence electrons. The maximum Gasteiger partial charge on any atom is 0.272 e. The Bertz CT molecular complexity index is 1570. The number of rotatable bonds is 5. The predicted octanol–water partition coefficient (Wildman–Crippen LogP) is 3.07. The maximum atomic E-state index is 13.9. The Balaban J connectivity index is 1.84. The molecule has 2 amide bonds. The molecule has 8 nitrogen and oxygen atoms in total. The summed E-state index contributed by atoms with van der Waals surface area (Å²) in [6, 6.07) is 16.1. The molecule has 36 heavy (non-hydrogen) atoms. The van der Waals surface area contributed by atoms with Crippen molar-refractivity contribution in [3.8, 4) is 17.5 Å². The fraction of sp³-hybridized carbons (Fsp3) is 0.179. The summed E-state index contributed by atoms with van der Waals surface area (Å²) in [7, 11) is 0. The normalized spacial score (nSPS) is 11.3. The number of carbonyl (C=O) groups excluding carboxylic acids is 2. The van der Waals surface area contributed by atoms with E-state index >= 15 is 0 Å². The van der Waals surface area contributed by atoms with Gasteiger partial charge in [-0.05, 0) is 43.5 Å². The SMILES string of the molecule is CC(=O)NCC#Cc1cccc2cc([C@H](C)NC(=O)c3nccnc3C)n(-c3ccccc3)c(=O)c12. The molecule has 0 radical (unpaired) electrons. The Labute approximate surface area is 208 Å². The Morgan fingerprint density at radius 2 is 1.81 bits per heavy atom. The van der Waals surface area contributed by atoms with Crippen LogP contribution in [-0.4, -0.2) is 32.9 Å². The lowest BCUT2D eigenvalue weighted by atomic mass is 10.0. The molecular formula is C28H25N5O3. The van der Waals surface area contributed by atoms with E-state index in [0.29, 0.717) is 33.4 Å². The molecule has 0 saturated heterocycles. The third kappa shape index (κ3) is 5.15. The topological polar surface area (TPSA) is 106 Å². The average Bonchev–Trinajstić information content (AvgIpc) is 2.87. The van der Waals surface area contributed by atoms with Crippen molar-refractivity contribution in [1.82, 2.24) is 25.2 Å². The molecule has 0 aliphatic carbocycles. The van der Waals surface area contributed by atoms with Gasteiger partial charge in [0.2, 0.25) is 5.91 Å². The second kappa shape index (κ2) is 10.7. The van der Waals surface area contributed by atoms with Crippen LogP contribution in [0.1, 0.15) is 47.3 Å². The van der Waals surface area contributed by atoms with E-state index in [2.05, 4.69) is 32.4 Å². The standard InChI is InChI=1S/C28H25N5O3/c1-18(32-27(35)26-19(2)29-15-16-31-26)24-17-22-10-7-9-21(11-8-14-30-20(3)34)25(22)28(36)33(24)23-12-5-4-6-13-23/h4-7,9-10,12-13,15-18H,14H2,1-3H3,(H,30,34)(H,32,35)/t18-/m0/s1. The summed E-state index contributed by atoms with van der Waals surface area (Å²) >= 11 is 0. The van der Waals surface area contributed by atoms with E-state index in [4.69, 9.17) is 0 Å². The Morgan fingerprint density at radius 3 is 2.53 bits per heavy atom. The van der Waals surface area contributed by atoms with Crippen LogP contribution in [0.2, 0.25) is 0 Å². The molecule has 4 rings (SSSR count). The first-order chi connectivity index (χ1) is 17.4. The number of benzene rings is 2. The van der Waals surface area contributed by atoms with Crippen molar-refractivity contribution in [3.63, 3.8) is 0 Å². The summed E-state index contributed by atoms with van der Waals surface area (Å²) in [6.07, 6.45) is 3.00. The first-order valence-electron chi connectivity index (χ1n) is 11.4. The van der Waals surface area contributed by atoms with Crippen LogP contribution in [-0.2, 0) is 4.79 Å². The van der Waals surface area contributed by atoms with Crippen molar-refractivity contribution in [3.05, 3.63) is 100.0 Å². The van der Waals surface area contributed by atoms with Crippen LogP contribution < -0.4 is 16.2 Å². The highest BCUT2D eigenvalue weighted by molar-refractivity contribution is 5.93. The van der Waals surface area contributed by atoms with Gasteiger partial charge in [0.15, 0.2) is 0 Å². The monoisotopic (exact) mass is 479 g/mol. The van der Waals surface area contributed by atoms with Crippen molar-refractivity contribution in [2.75, 3.05) is 6.54 Å². The number of fused-ring (bicyclic) bond motifs is 1. The number of para-hydroxylation sites is 1. The molecule has 0 fully saturated rings. The van der Waals surface area contributed by atoms with E-state index in [1.165, 1.54) is 19.3 Å². The first kappa shape index (κ1) is 24.4. The van der Waals surface area contributed by atoms with E-state index in [-0.39, 0.29) is 29.6 Å². The number of aryl methyl sites for hydroxylation is 1. The first-order valence-corrected chi connectivity index (χ1v) is 11.4. The van der Waals surface area contributed by atoms with Crippen molar-refractivity contribution in [1.29, 1.82) is 0 Å². The van der Waals surface area contributed by atoms with E-state index in [1.54, 1.807) is 17.6 Å². The second-order valence-corrected chi connectivity index (χ2v) is 8.21. The Hall–Kier alpha value is -4.77. The summed E-state index contributed by atoms with van der Waals surface area (Å²) < 4.78 is 1.59. The van der Waals surface area contributed by atoms with Gasteiger partial charge in [-0.2, -0.15) is 0 Å². The molecule has 0 bridgehead atoms. The predicted molar refractivity (Wildman–Crippen MR) is 138 cm³/mol. The van der Waals surface area contributed by atoms with Crippen molar-refractivity contribution in [2.24, 2.45) is 0 Å². The highest BCUT2D eigenvalue weighted by atomic mass is 16.2. The van der Waals surface area contributed by atoms with Crippen LogP contribution in [0.4, 0.5) is 0 Å². The number of pyridine rings is 1. The lowest BCUT2D eigenvalue weighted by Crippen LogP contribution is -2.33. The zero-order valence-corrected chi connectivity index (χ0v) is 20.2. The van der Waals surface area contributed by atoms with Gasteiger partial charge in [-0.3, -0.25) is 23.9 Å². The fourth-order valence-corrected chi connectivity index (χ4v) is 3.93. The van der Waals surface area contributed by atoms with Gasteiger partial charge in [-0.1, -0.05) is 42.2 Å². The van der Waals surface area contributed by atoms with Crippen LogP contribution in [0.25, 0.3) is 16.5 Å². The van der Waals surface area contributed by atoms with Crippen molar-refractivity contribution in [2.45, 2.75) is 26.8 Å². The maximum absolute atomic E-state index is 13.9. The number of nitrogens with zero attached hydrogens (tertiary/aromatic N) is 3. The number of hydrogen-bond acceptors (Lipinski definition) is 5. The Kier molecular flexibility index (Phi) is 7.21. The molecule has 2 heterocycles. The zero-order chi connectivity index (χ0) is 25.7. The highest BCUT2D eigenvalue weighted by Gasteiger charge is 2.21. The molecule has 2 aromatic carbocycles. The van der Waals surface area contributed by atoms with E-state index in [0.717, 1.165) is 0 Å². The smallest absolute Gasteiger partial charge is 0.272 e. The van der Waals surface area contributed by atoms with Gasteiger partial charge in [0, 0.05) is 36.3 Å². The van der Waals surface area contributed by atoms with E-state index < -0.39 is 6.04 Å². The molecule has 0 aliphatic rings. The number of hydrogen-bond donors (Lipinski definition) is 2. The molecule has 0 aliphatic heterocycles. The minimum atomic E-state index is -0.522. The summed E-state index contributed by atoms with van der Waals surface area (Å²) in [4.78, 5) is 46.3. The number of amides is 2. The molecule has 2 N–H and O–H groups in total. The second-order valence-electron chi connectivity index (χ2n) is 8.21. The van der Waals surface area contributed by atoms with Gasteiger partial charge in [0.05, 0.1) is 23.7 Å². The summed E-state index contributed by atoms with van der Waals surface area (Å²) in [5.41, 5.74) is 2.33. The molecule has 2 aromatic heterocycles. The van der Waals surface area contributed by atoms with Crippen LogP contribution >= 0.6 is 0 Å². The fourth-order valence-electron chi connectivity index (χ4n) is 3.93. The molecular weight excluding hydrogens is 454 g/mol. The average molecular weight is 480 g/mol.